The Hall–Kier alpha value is -3.84. The first-order valence-electron chi connectivity index (χ1n) is 14.1. The maximum Gasteiger partial charge on any atom is 0.264 e. The molecule has 1 saturated carbocycles. The number of fused-ring (bicyclic) bond motifs is 4. The van der Waals surface area contributed by atoms with Crippen molar-refractivity contribution in [1.82, 2.24) is 15.5 Å². The quantitative estimate of drug-likeness (QED) is 0.517. The minimum Gasteiger partial charge on any atom is -0.372 e. The molecular weight excluding hydrogens is 530 g/mol. The van der Waals surface area contributed by atoms with Crippen molar-refractivity contribution >= 4 is 17.7 Å². The number of aliphatic hydroxyl groups is 1. The second-order valence-electron chi connectivity index (χ2n) is 11.9. The molecule has 1 unspecified atom stereocenters. The molecule has 0 aromatic heterocycles. The summed E-state index contributed by atoms with van der Waals surface area (Å²) in [6.07, 6.45) is 0.401. The van der Waals surface area contributed by atoms with Crippen LogP contribution < -0.4 is 10.6 Å². The number of nitrogens with one attached hydrogen (secondary N) is 2. The molecule has 2 aliphatic heterocycles. The van der Waals surface area contributed by atoms with E-state index in [9.17, 15) is 33.5 Å². The Labute approximate surface area is 236 Å². The third kappa shape index (κ3) is 4.38. The van der Waals surface area contributed by atoms with Gasteiger partial charge in [-0.2, -0.15) is 5.26 Å². The highest BCUT2D eigenvalue weighted by molar-refractivity contribution is 6.01. The molecule has 6 rings (SSSR count). The van der Waals surface area contributed by atoms with Crippen molar-refractivity contribution < 1.29 is 28.3 Å². The van der Waals surface area contributed by atoms with Gasteiger partial charge in [-0.05, 0) is 54.7 Å². The molecule has 2 aliphatic carbocycles. The van der Waals surface area contributed by atoms with Crippen LogP contribution in [0.4, 0.5) is 8.78 Å². The van der Waals surface area contributed by atoms with Crippen LogP contribution in [0.15, 0.2) is 42.5 Å². The van der Waals surface area contributed by atoms with E-state index in [0.29, 0.717) is 29.7 Å². The Kier molecular flexibility index (Phi) is 6.61. The molecule has 3 amide bonds. The molecule has 3 fully saturated rings. The first-order valence-corrected chi connectivity index (χ1v) is 14.1. The van der Waals surface area contributed by atoms with Crippen LogP contribution in [0.2, 0.25) is 0 Å². The predicted octanol–water partition coefficient (Wildman–Crippen LogP) is 3.01. The van der Waals surface area contributed by atoms with Gasteiger partial charge in [0.05, 0.1) is 6.07 Å². The van der Waals surface area contributed by atoms with Gasteiger partial charge in [-0.15, -0.1) is 0 Å². The number of amides is 3. The number of halogens is 2. The van der Waals surface area contributed by atoms with E-state index in [1.807, 2.05) is 31.2 Å². The lowest BCUT2D eigenvalue weighted by molar-refractivity contribution is -0.153. The zero-order valence-corrected chi connectivity index (χ0v) is 22.7. The molecule has 3 N–H and O–H groups in total. The molecule has 6 atom stereocenters. The van der Waals surface area contributed by atoms with Crippen LogP contribution in [0, 0.1) is 36.0 Å². The molecule has 2 saturated heterocycles. The van der Waals surface area contributed by atoms with Crippen molar-refractivity contribution in [2.45, 2.75) is 62.6 Å². The number of nitriles is 1. The third-order valence-corrected chi connectivity index (χ3v) is 9.35. The molecule has 2 heterocycles. The highest BCUT2D eigenvalue weighted by Crippen LogP contribution is 2.53. The zero-order valence-electron chi connectivity index (χ0n) is 22.7. The molecule has 0 radical (unpaired) electrons. The number of carbonyl (C=O) groups is 3. The average Bonchev–Trinajstić information content (AvgIpc) is 3.53. The van der Waals surface area contributed by atoms with Gasteiger partial charge in [0, 0.05) is 43.0 Å². The number of nitrogens with zero attached hydrogens (tertiary/aromatic N) is 2. The van der Waals surface area contributed by atoms with Gasteiger partial charge in [-0.3, -0.25) is 14.4 Å². The smallest absolute Gasteiger partial charge is 0.264 e. The summed E-state index contributed by atoms with van der Waals surface area (Å²) >= 11 is 0. The highest BCUT2D eigenvalue weighted by atomic mass is 19.3. The maximum atomic E-state index is 14.5. The second-order valence-corrected chi connectivity index (χ2v) is 11.9. The Morgan fingerprint density at radius 3 is 2.71 bits per heavy atom. The van der Waals surface area contributed by atoms with Crippen molar-refractivity contribution in [2.24, 2.45) is 17.8 Å². The zero-order chi connectivity index (χ0) is 29.1. The fraction of sp³-hybridized carbons (Fsp3) is 0.484. The van der Waals surface area contributed by atoms with E-state index >= 15 is 0 Å². The molecule has 10 heteroatoms. The van der Waals surface area contributed by atoms with Gasteiger partial charge in [-0.25, -0.2) is 8.78 Å². The van der Waals surface area contributed by atoms with Crippen LogP contribution in [0.5, 0.6) is 0 Å². The highest BCUT2D eigenvalue weighted by Gasteiger charge is 2.61. The van der Waals surface area contributed by atoms with Crippen LogP contribution >= 0.6 is 0 Å². The molecule has 2 aromatic rings. The third-order valence-electron chi connectivity index (χ3n) is 9.35. The molecular formula is C31H32F2N4O4. The van der Waals surface area contributed by atoms with Crippen LogP contribution in [-0.4, -0.2) is 58.8 Å². The van der Waals surface area contributed by atoms with E-state index in [-0.39, 0.29) is 18.9 Å². The van der Waals surface area contributed by atoms with Crippen molar-refractivity contribution in [3.8, 4) is 17.2 Å². The Bertz CT molecular complexity index is 1470. The first kappa shape index (κ1) is 27.3. The average molecular weight is 563 g/mol. The number of rotatable bonds is 5. The van der Waals surface area contributed by atoms with Gasteiger partial charge in [0.2, 0.25) is 17.7 Å². The van der Waals surface area contributed by atoms with E-state index in [1.54, 1.807) is 24.3 Å². The van der Waals surface area contributed by atoms with Gasteiger partial charge in [-0.1, -0.05) is 42.5 Å². The lowest BCUT2D eigenvalue weighted by atomic mass is 9.88. The fourth-order valence-corrected chi connectivity index (χ4v) is 7.51. The lowest BCUT2D eigenvalue weighted by Gasteiger charge is -2.35. The summed E-state index contributed by atoms with van der Waals surface area (Å²) in [5, 5.41) is 27.4. The van der Waals surface area contributed by atoms with Crippen molar-refractivity contribution in [3.05, 3.63) is 59.2 Å². The predicted molar refractivity (Wildman–Crippen MR) is 144 cm³/mol. The minimum atomic E-state index is -2.97. The largest absolute Gasteiger partial charge is 0.372 e. The molecule has 0 spiro atoms. The number of piperidine rings is 1. The van der Waals surface area contributed by atoms with Gasteiger partial charge in [0.25, 0.3) is 5.91 Å². The summed E-state index contributed by atoms with van der Waals surface area (Å²) in [6.45, 7) is 2.34. The van der Waals surface area contributed by atoms with Crippen LogP contribution in [0.25, 0.3) is 11.1 Å². The van der Waals surface area contributed by atoms with Crippen molar-refractivity contribution in [1.29, 1.82) is 5.26 Å². The number of alkyl halides is 2. The van der Waals surface area contributed by atoms with Crippen LogP contribution in [0.1, 0.15) is 48.8 Å². The normalized spacial score (nSPS) is 30.0. The van der Waals surface area contributed by atoms with Crippen molar-refractivity contribution in [3.63, 3.8) is 0 Å². The molecule has 0 bridgehead atoms. The number of likely N-dealkylation sites (tertiary alicyclic amines) is 1. The topological polar surface area (TPSA) is 123 Å². The molecule has 41 heavy (non-hydrogen) atoms. The van der Waals surface area contributed by atoms with E-state index < -0.39 is 66.0 Å². The Balaban J connectivity index is 1.34. The SMILES string of the molecule is Cc1cccc2c1-c1ccccc1C2(O)C(=O)N1C[C@@H]2CC(F)(F)C[C@@H]2[C@H]1C(=O)N[C@H](C#N)C[C@@H]1CCCNC1=O. The summed E-state index contributed by atoms with van der Waals surface area (Å²) in [5.74, 6) is -6.53. The maximum absolute atomic E-state index is 14.5. The molecule has 214 valence electrons. The van der Waals surface area contributed by atoms with E-state index in [4.69, 9.17) is 0 Å². The van der Waals surface area contributed by atoms with Crippen LogP contribution in [0.3, 0.4) is 0 Å². The number of hydrogen-bond donors (Lipinski definition) is 3. The summed E-state index contributed by atoms with van der Waals surface area (Å²) in [6, 6.07) is 12.1. The summed E-state index contributed by atoms with van der Waals surface area (Å²) in [4.78, 5) is 41.7. The molecule has 8 nitrogen and oxygen atoms in total. The van der Waals surface area contributed by atoms with Gasteiger partial charge in [0.1, 0.15) is 12.1 Å². The van der Waals surface area contributed by atoms with E-state index in [0.717, 1.165) is 17.5 Å². The summed E-state index contributed by atoms with van der Waals surface area (Å²) in [5.41, 5.74) is 0.985. The summed E-state index contributed by atoms with van der Waals surface area (Å²) < 4.78 is 29.1. The fourth-order valence-electron chi connectivity index (χ4n) is 7.51. The number of carbonyl (C=O) groups excluding carboxylic acids is 3. The number of benzene rings is 2. The van der Waals surface area contributed by atoms with E-state index in [1.165, 1.54) is 4.90 Å². The Morgan fingerprint density at radius 2 is 1.95 bits per heavy atom. The second kappa shape index (κ2) is 9.91. The number of aryl methyl sites for hydroxylation is 1. The van der Waals surface area contributed by atoms with Gasteiger partial charge < -0.3 is 20.6 Å². The van der Waals surface area contributed by atoms with Crippen molar-refractivity contribution in [2.75, 3.05) is 13.1 Å². The monoisotopic (exact) mass is 562 g/mol. The molecule has 2 aromatic carbocycles. The van der Waals surface area contributed by atoms with Crippen LogP contribution in [-0.2, 0) is 20.0 Å². The number of hydrogen-bond acceptors (Lipinski definition) is 5. The standard InChI is InChI=1S/C31H32F2N4O4/c1-17-6-4-10-24-25(17)21-8-2-3-9-23(21)31(24,41)29(40)37-16-19-13-30(32,33)14-22(19)26(37)28(39)36-20(15-34)12-18-7-5-11-35-27(18)38/h2-4,6,8-10,18-20,22,26,41H,5,7,11-14,16H2,1H3,(H,35,38)(H,36,39)/t18-,19-,20-,22-,26-,31?/m0/s1. The Morgan fingerprint density at radius 1 is 1.20 bits per heavy atom. The first-order chi connectivity index (χ1) is 19.5. The summed E-state index contributed by atoms with van der Waals surface area (Å²) in [7, 11) is 0. The lowest BCUT2D eigenvalue weighted by Crippen LogP contribution is -2.56. The minimum absolute atomic E-state index is 0.0863. The van der Waals surface area contributed by atoms with E-state index in [2.05, 4.69) is 10.6 Å². The van der Waals surface area contributed by atoms with Gasteiger partial charge >= 0.3 is 0 Å². The molecule has 4 aliphatic rings. The van der Waals surface area contributed by atoms with Gasteiger partial charge in [0.15, 0.2) is 5.60 Å².